The van der Waals surface area contributed by atoms with Gasteiger partial charge in [0.15, 0.2) is 0 Å². The molecule has 1 aromatic heterocycles. The van der Waals surface area contributed by atoms with Crippen molar-refractivity contribution in [3.05, 3.63) is 56.8 Å². The van der Waals surface area contributed by atoms with Crippen LogP contribution in [0.25, 0.3) is 0 Å². The van der Waals surface area contributed by atoms with E-state index in [9.17, 15) is 0 Å². The molecular formula is C16H19NOS. The number of fused-ring (bicyclic) bond motifs is 1. The number of hydrogen-bond donors (Lipinski definition) is 1. The molecule has 0 saturated heterocycles. The first kappa shape index (κ1) is 12.9. The molecule has 3 rings (SSSR count). The average Bonchev–Trinajstić information content (AvgIpc) is 3.03. The zero-order chi connectivity index (χ0) is 13.2. The van der Waals surface area contributed by atoms with Gasteiger partial charge in [0.1, 0.15) is 0 Å². The molecule has 0 spiro atoms. The molecule has 1 N–H and O–H groups in total. The molecule has 1 aliphatic rings. The summed E-state index contributed by atoms with van der Waals surface area (Å²) in [6.07, 6.45) is 0. The molecule has 1 atom stereocenters. The normalized spacial score (nSPS) is 15.5. The zero-order valence-corrected chi connectivity index (χ0v) is 12.2. The number of aryl methyl sites for hydroxylation is 1. The highest BCUT2D eigenvalue weighted by molar-refractivity contribution is 7.12. The molecule has 1 aromatic carbocycles. The van der Waals surface area contributed by atoms with Gasteiger partial charge in [-0.15, -0.1) is 11.3 Å². The third-order valence-electron chi connectivity index (χ3n) is 3.53. The zero-order valence-electron chi connectivity index (χ0n) is 11.4. The summed E-state index contributed by atoms with van der Waals surface area (Å²) >= 11 is 1.87. The van der Waals surface area contributed by atoms with Crippen molar-refractivity contribution >= 4 is 11.3 Å². The van der Waals surface area contributed by atoms with E-state index in [-0.39, 0.29) is 0 Å². The molecule has 100 valence electrons. The highest BCUT2D eigenvalue weighted by atomic mass is 32.1. The van der Waals surface area contributed by atoms with Gasteiger partial charge >= 0.3 is 0 Å². The fraction of sp³-hybridized carbons (Fsp3) is 0.375. The number of thiophene rings is 1. The van der Waals surface area contributed by atoms with E-state index in [0.29, 0.717) is 6.04 Å². The summed E-state index contributed by atoms with van der Waals surface area (Å²) in [6.45, 7) is 6.80. The Kier molecular flexibility index (Phi) is 3.69. The van der Waals surface area contributed by atoms with E-state index in [4.69, 9.17) is 4.74 Å². The number of benzene rings is 1. The largest absolute Gasteiger partial charge is 0.372 e. The van der Waals surface area contributed by atoms with Gasteiger partial charge in [0.05, 0.1) is 19.3 Å². The number of hydrogen-bond acceptors (Lipinski definition) is 3. The Morgan fingerprint density at radius 2 is 2.05 bits per heavy atom. The van der Waals surface area contributed by atoms with Crippen molar-refractivity contribution < 1.29 is 4.74 Å². The first-order chi connectivity index (χ1) is 9.28. The first-order valence-electron chi connectivity index (χ1n) is 6.77. The van der Waals surface area contributed by atoms with Crippen molar-refractivity contribution in [3.8, 4) is 0 Å². The second-order valence-electron chi connectivity index (χ2n) is 4.96. The van der Waals surface area contributed by atoms with Gasteiger partial charge in [-0.25, -0.2) is 0 Å². The minimum absolute atomic E-state index is 0.301. The smallest absolute Gasteiger partial charge is 0.0725 e. The van der Waals surface area contributed by atoms with Gasteiger partial charge in [0.2, 0.25) is 0 Å². The van der Waals surface area contributed by atoms with Crippen LogP contribution < -0.4 is 5.32 Å². The Labute approximate surface area is 118 Å². The third-order valence-corrected chi connectivity index (χ3v) is 4.60. The van der Waals surface area contributed by atoms with E-state index in [1.165, 1.54) is 26.4 Å². The van der Waals surface area contributed by atoms with Crippen LogP contribution in [0.4, 0.5) is 0 Å². The summed E-state index contributed by atoms with van der Waals surface area (Å²) in [7, 11) is 0. The average molecular weight is 273 g/mol. The molecule has 2 nitrogen and oxygen atoms in total. The molecule has 1 aliphatic heterocycles. The molecule has 0 aliphatic carbocycles. The standard InChI is InChI=1S/C16H19NOS/c1-3-17-16(15-7-4-11(2)19-15)12-5-6-13-9-18-10-14(13)8-12/h4-8,16-17H,3,9-10H2,1-2H3. The fourth-order valence-corrected chi connectivity index (χ4v) is 3.55. The molecule has 0 bridgehead atoms. The lowest BCUT2D eigenvalue weighted by Gasteiger charge is -2.17. The van der Waals surface area contributed by atoms with Crippen molar-refractivity contribution in [2.45, 2.75) is 33.1 Å². The molecule has 2 aromatic rings. The van der Waals surface area contributed by atoms with E-state index < -0.39 is 0 Å². The quantitative estimate of drug-likeness (QED) is 0.915. The lowest BCUT2D eigenvalue weighted by atomic mass is 10.00. The second-order valence-corrected chi connectivity index (χ2v) is 6.28. The Morgan fingerprint density at radius 3 is 2.79 bits per heavy atom. The lowest BCUT2D eigenvalue weighted by Crippen LogP contribution is -2.21. The Morgan fingerprint density at radius 1 is 1.21 bits per heavy atom. The van der Waals surface area contributed by atoms with E-state index in [0.717, 1.165) is 19.8 Å². The monoisotopic (exact) mass is 273 g/mol. The van der Waals surface area contributed by atoms with Gasteiger partial charge in [-0.2, -0.15) is 0 Å². The molecule has 0 saturated carbocycles. The maximum absolute atomic E-state index is 5.50. The van der Waals surface area contributed by atoms with Crippen LogP contribution in [0.3, 0.4) is 0 Å². The fourth-order valence-electron chi connectivity index (χ4n) is 2.57. The summed E-state index contributed by atoms with van der Waals surface area (Å²) in [4.78, 5) is 2.75. The van der Waals surface area contributed by atoms with E-state index in [1.54, 1.807) is 0 Å². The predicted octanol–water partition coefficient (Wildman–Crippen LogP) is 3.79. The van der Waals surface area contributed by atoms with Crippen LogP contribution in [0, 0.1) is 6.92 Å². The first-order valence-corrected chi connectivity index (χ1v) is 7.58. The molecule has 3 heteroatoms. The van der Waals surface area contributed by atoms with Gasteiger partial charge < -0.3 is 10.1 Å². The minimum atomic E-state index is 0.301. The van der Waals surface area contributed by atoms with Crippen LogP contribution in [0.2, 0.25) is 0 Å². The summed E-state index contributed by atoms with van der Waals surface area (Å²) in [5.74, 6) is 0. The molecule has 0 fully saturated rings. The van der Waals surface area contributed by atoms with Gasteiger partial charge in [-0.05, 0) is 42.3 Å². The van der Waals surface area contributed by atoms with Crippen molar-refractivity contribution in [2.75, 3.05) is 6.54 Å². The Bertz CT molecular complexity index is 576. The van der Waals surface area contributed by atoms with Crippen molar-refractivity contribution in [1.82, 2.24) is 5.32 Å². The van der Waals surface area contributed by atoms with Gasteiger partial charge in [-0.3, -0.25) is 0 Å². The molecule has 0 amide bonds. The number of nitrogens with one attached hydrogen (secondary N) is 1. The number of ether oxygens (including phenoxy) is 1. The van der Waals surface area contributed by atoms with Crippen LogP contribution >= 0.6 is 11.3 Å². The third kappa shape index (κ3) is 2.59. The van der Waals surface area contributed by atoms with Gasteiger partial charge in [0, 0.05) is 9.75 Å². The van der Waals surface area contributed by atoms with Gasteiger partial charge in [0.25, 0.3) is 0 Å². The molecule has 2 heterocycles. The highest BCUT2D eigenvalue weighted by Crippen LogP contribution is 2.31. The van der Waals surface area contributed by atoms with Crippen molar-refractivity contribution in [1.29, 1.82) is 0 Å². The summed E-state index contributed by atoms with van der Waals surface area (Å²) in [5, 5.41) is 3.59. The van der Waals surface area contributed by atoms with Crippen LogP contribution in [0.1, 0.15) is 39.4 Å². The molecule has 1 unspecified atom stereocenters. The van der Waals surface area contributed by atoms with Crippen LogP contribution in [0.15, 0.2) is 30.3 Å². The summed E-state index contributed by atoms with van der Waals surface area (Å²) < 4.78 is 5.50. The van der Waals surface area contributed by atoms with E-state index >= 15 is 0 Å². The van der Waals surface area contributed by atoms with Crippen molar-refractivity contribution in [2.24, 2.45) is 0 Å². The highest BCUT2D eigenvalue weighted by Gasteiger charge is 2.18. The SMILES string of the molecule is CCNC(c1ccc2c(c1)COC2)c1ccc(C)s1. The summed E-state index contributed by atoms with van der Waals surface area (Å²) in [6, 6.07) is 11.5. The van der Waals surface area contributed by atoms with E-state index in [1.807, 2.05) is 11.3 Å². The molecular weight excluding hydrogens is 254 g/mol. The maximum Gasteiger partial charge on any atom is 0.0725 e. The van der Waals surface area contributed by atoms with Gasteiger partial charge in [-0.1, -0.05) is 25.1 Å². The second kappa shape index (κ2) is 5.45. The van der Waals surface area contributed by atoms with Crippen LogP contribution in [0.5, 0.6) is 0 Å². The van der Waals surface area contributed by atoms with Crippen molar-refractivity contribution in [3.63, 3.8) is 0 Å². The summed E-state index contributed by atoms with van der Waals surface area (Å²) in [5.41, 5.74) is 4.02. The van der Waals surface area contributed by atoms with E-state index in [2.05, 4.69) is 49.5 Å². The van der Waals surface area contributed by atoms with Crippen LogP contribution in [-0.2, 0) is 18.0 Å². The molecule has 19 heavy (non-hydrogen) atoms. The predicted molar refractivity (Wildman–Crippen MR) is 79.5 cm³/mol. The number of rotatable bonds is 4. The topological polar surface area (TPSA) is 21.3 Å². The Hall–Kier alpha value is -1.16. The maximum atomic E-state index is 5.50. The Balaban J connectivity index is 1.95. The van der Waals surface area contributed by atoms with Crippen LogP contribution in [-0.4, -0.2) is 6.54 Å². The minimum Gasteiger partial charge on any atom is -0.372 e. The lowest BCUT2D eigenvalue weighted by molar-refractivity contribution is 0.134. The molecule has 0 radical (unpaired) electrons.